The fraction of sp³-hybridized carbons (Fsp3) is 0.545. The van der Waals surface area contributed by atoms with Crippen molar-refractivity contribution < 1.29 is 4.74 Å². The van der Waals surface area contributed by atoms with Crippen molar-refractivity contribution in [2.24, 2.45) is 5.73 Å². The monoisotopic (exact) mass is 209 g/mol. The molecule has 0 unspecified atom stereocenters. The molecule has 4 heteroatoms. The number of likely N-dealkylation sites (N-methyl/N-ethyl adjacent to an activating group) is 1. The van der Waals surface area contributed by atoms with Gasteiger partial charge >= 0.3 is 0 Å². The van der Waals surface area contributed by atoms with Crippen molar-refractivity contribution in [2.45, 2.75) is 13.0 Å². The van der Waals surface area contributed by atoms with Gasteiger partial charge in [-0.15, -0.1) is 0 Å². The number of rotatable bonds is 5. The maximum atomic E-state index is 5.69. The van der Waals surface area contributed by atoms with Gasteiger partial charge in [0.05, 0.1) is 11.9 Å². The summed E-state index contributed by atoms with van der Waals surface area (Å²) < 4.78 is 5.51. The minimum absolute atomic E-state index is 0.0270. The summed E-state index contributed by atoms with van der Waals surface area (Å²) in [5, 5.41) is 0. The van der Waals surface area contributed by atoms with E-state index in [2.05, 4.69) is 9.88 Å². The summed E-state index contributed by atoms with van der Waals surface area (Å²) in [6.07, 6.45) is 1.72. The predicted molar refractivity (Wildman–Crippen MR) is 60.9 cm³/mol. The summed E-state index contributed by atoms with van der Waals surface area (Å²) in [6.45, 7) is 3.48. The number of pyridine rings is 1. The lowest BCUT2D eigenvalue weighted by Crippen LogP contribution is -2.19. The highest BCUT2D eigenvalue weighted by Gasteiger charge is 2.01. The van der Waals surface area contributed by atoms with E-state index in [1.807, 2.05) is 33.2 Å². The standard InChI is InChI=1S/C11H19N3O/c1-9(12)11-5-4-10(8-13-11)15-7-6-14(2)3/h4-5,8-9H,6-7,12H2,1-3H3/t9-/m0/s1. The Kier molecular flexibility index (Phi) is 4.52. The van der Waals surface area contributed by atoms with Crippen LogP contribution in [0.3, 0.4) is 0 Å². The lowest BCUT2D eigenvalue weighted by molar-refractivity contribution is 0.260. The Morgan fingerprint density at radius 1 is 1.47 bits per heavy atom. The van der Waals surface area contributed by atoms with Gasteiger partial charge in [-0.2, -0.15) is 0 Å². The van der Waals surface area contributed by atoms with Crippen LogP contribution in [-0.4, -0.2) is 37.1 Å². The van der Waals surface area contributed by atoms with Crippen LogP contribution in [0, 0.1) is 0 Å². The van der Waals surface area contributed by atoms with Gasteiger partial charge in [-0.25, -0.2) is 0 Å². The molecule has 0 spiro atoms. The van der Waals surface area contributed by atoms with E-state index in [-0.39, 0.29) is 6.04 Å². The van der Waals surface area contributed by atoms with Gasteiger partial charge in [0, 0.05) is 12.6 Å². The van der Waals surface area contributed by atoms with E-state index in [0.29, 0.717) is 6.61 Å². The highest BCUT2D eigenvalue weighted by atomic mass is 16.5. The lowest BCUT2D eigenvalue weighted by atomic mass is 10.2. The molecule has 0 saturated carbocycles. The summed E-state index contributed by atoms with van der Waals surface area (Å²) in [6, 6.07) is 3.78. The highest BCUT2D eigenvalue weighted by molar-refractivity contribution is 5.21. The van der Waals surface area contributed by atoms with E-state index in [4.69, 9.17) is 10.5 Å². The van der Waals surface area contributed by atoms with E-state index in [0.717, 1.165) is 18.0 Å². The molecule has 84 valence electrons. The molecule has 1 atom stereocenters. The Labute approximate surface area is 91.1 Å². The maximum absolute atomic E-state index is 5.69. The van der Waals surface area contributed by atoms with Crippen LogP contribution in [0.2, 0.25) is 0 Å². The molecule has 2 N–H and O–H groups in total. The molecular weight excluding hydrogens is 190 g/mol. The first-order chi connectivity index (χ1) is 7.09. The SMILES string of the molecule is C[C@H](N)c1ccc(OCCN(C)C)cn1. The molecule has 1 heterocycles. The zero-order valence-corrected chi connectivity index (χ0v) is 9.60. The van der Waals surface area contributed by atoms with Crippen molar-refractivity contribution in [3.8, 4) is 5.75 Å². The molecule has 0 aliphatic rings. The smallest absolute Gasteiger partial charge is 0.137 e. The zero-order valence-electron chi connectivity index (χ0n) is 9.60. The molecule has 0 saturated heterocycles. The molecule has 4 nitrogen and oxygen atoms in total. The number of hydrogen-bond acceptors (Lipinski definition) is 4. The number of aromatic nitrogens is 1. The van der Waals surface area contributed by atoms with Crippen molar-refractivity contribution in [1.29, 1.82) is 0 Å². The molecule has 0 bridgehead atoms. The second-order valence-electron chi connectivity index (χ2n) is 3.86. The van der Waals surface area contributed by atoms with Crippen LogP contribution >= 0.6 is 0 Å². The zero-order chi connectivity index (χ0) is 11.3. The average molecular weight is 209 g/mol. The molecule has 0 aliphatic heterocycles. The Morgan fingerprint density at radius 2 is 2.20 bits per heavy atom. The van der Waals surface area contributed by atoms with Gasteiger partial charge in [0.2, 0.25) is 0 Å². The maximum Gasteiger partial charge on any atom is 0.137 e. The predicted octanol–water partition coefficient (Wildman–Crippen LogP) is 1.04. The van der Waals surface area contributed by atoms with Crippen LogP contribution in [0.1, 0.15) is 18.7 Å². The van der Waals surface area contributed by atoms with Crippen molar-refractivity contribution in [3.05, 3.63) is 24.0 Å². The van der Waals surface area contributed by atoms with Gasteiger partial charge in [-0.3, -0.25) is 4.98 Å². The highest BCUT2D eigenvalue weighted by Crippen LogP contribution is 2.12. The summed E-state index contributed by atoms with van der Waals surface area (Å²) in [7, 11) is 4.03. The third-order valence-electron chi connectivity index (χ3n) is 2.03. The quantitative estimate of drug-likeness (QED) is 0.787. The summed E-state index contributed by atoms with van der Waals surface area (Å²) >= 11 is 0. The second kappa shape index (κ2) is 5.68. The molecule has 0 amide bonds. The molecule has 0 fully saturated rings. The fourth-order valence-electron chi connectivity index (χ4n) is 1.09. The van der Waals surface area contributed by atoms with E-state index < -0.39 is 0 Å². The minimum atomic E-state index is -0.0270. The van der Waals surface area contributed by atoms with Crippen molar-refractivity contribution in [1.82, 2.24) is 9.88 Å². The van der Waals surface area contributed by atoms with Crippen LogP contribution in [0.5, 0.6) is 5.75 Å². The molecule has 0 aromatic carbocycles. The van der Waals surface area contributed by atoms with Gasteiger partial charge in [0.1, 0.15) is 12.4 Å². The third-order valence-corrected chi connectivity index (χ3v) is 2.03. The number of hydrogen-bond donors (Lipinski definition) is 1. The molecule has 15 heavy (non-hydrogen) atoms. The first kappa shape index (κ1) is 11.9. The topological polar surface area (TPSA) is 51.4 Å². The van der Waals surface area contributed by atoms with Gasteiger partial charge in [-0.05, 0) is 33.2 Å². The number of ether oxygens (including phenoxy) is 1. The van der Waals surface area contributed by atoms with Gasteiger partial charge < -0.3 is 15.4 Å². The van der Waals surface area contributed by atoms with Crippen molar-refractivity contribution in [2.75, 3.05) is 27.2 Å². The minimum Gasteiger partial charge on any atom is -0.491 e. The fourth-order valence-corrected chi connectivity index (χ4v) is 1.09. The first-order valence-corrected chi connectivity index (χ1v) is 5.08. The number of nitrogens with zero attached hydrogens (tertiary/aromatic N) is 2. The summed E-state index contributed by atoms with van der Waals surface area (Å²) in [4.78, 5) is 6.29. The van der Waals surface area contributed by atoms with Crippen LogP contribution in [0.4, 0.5) is 0 Å². The second-order valence-corrected chi connectivity index (χ2v) is 3.86. The molecule has 1 aromatic heterocycles. The first-order valence-electron chi connectivity index (χ1n) is 5.08. The van der Waals surface area contributed by atoms with Crippen LogP contribution in [0.25, 0.3) is 0 Å². The van der Waals surface area contributed by atoms with E-state index in [9.17, 15) is 0 Å². The summed E-state index contributed by atoms with van der Waals surface area (Å²) in [5.41, 5.74) is 6.58. The lowest BCUT2D eigenvalue weighted by Gasteiger charge is -2.11. The van der Waals surface area contributed by atoms with Crippen LogP contribution < -0.4 is 10.5 Å². The third kappa shape index (κ3) is 4.27. The summed E-state index contributed by atoms with van der Waals surface area (Å²) in [5.74, 6) is 0.793. The van der Waals surface area contributed by atoms with Crippen LogP contribution in [-0.2, 0) is 0 Å². The van der Waals surface area contributed by atoms with E-state index >= 15 is 0 Å². The van der Waals surface area contributed by atoms with E-state index in [1.54, 1.807) is 6.20 Å². The van der Waals surface area contributed by atoms with Gasteiger partial charge in [-0.1, -0.05) is 0 Å². The van der Waals surface area contributed by atoms with Crippen molar-refractivity contribution >= 4 is 0 Å². The normalized spacial score (nSPS) is 12.9. The Balaban J connectivity index is 2.43. The van der Waals surface area contributed by atoms with Crippen molar-refractivity contribution in [3.63, 3.8) is 0 Å². The molecular formula is C11H19N3O. The van der Waals surface area contributed by atoms with E-state index in [1.165, 1.54) is 0 Å². The Hall–Kier alpha value is -1.13. The Bertz CT molecular complexity index is 282. The van der Waals surface area contributed by atoms with Gasteiger partial charge in [0.15, 0.2) is 0 Å². The Morgan fingerprint density at radius 3 is 2.67 bits per heavy atom. The number of nitrogens with two attached hydrogens (primary N) is 1. The largest absolute Gasteiger partial charge is 0.491 e. The molecule has 0 radical (unpaired) electrons. The van der Waals surface area contributed by atoms with Gasteiger partial charge in [0.25, 0.3) is 0 Å². The molecule has 1 aromatic rings. The average Bonchev–Trinajstić information content (AvgIpc) is 2.18. The van der Waals surface area contributed by atoms with Crippen LogP contribution in [0.15, 0.2) is 18.3 Å². The molecule has 0 aliphatic carbocycles. The molecule has 1 rings (SSSR count).